The first-order chi connectivity index (χ1) is 8.74. The van der Waals surface area contributed by atoms with Crippen molar-refractivity contribution in [3.05, 3.63) is 35.7 Å². The van der Waals surface area contributed by atoms with E-state index >= 15 is 0 Å². The van der Waals surface area contributed by atoms with Gasteiger partial charge in [-0.15, -0.1) is 11.3 Å². The summed E-state index contributed by atoms with van der Waals surface area (Å²) in [6.07, 6.45) is 6.69. The molecule has 1 amide bonds. The molecule has 2 aromatic heterocycles. The molecule has 0 N–H and O–H groups in total. The lowest BCUT2D eigenvalue weighted by atomic mass is 10.1. The van der Waals surface area contributed by atoms with E-state index in [0.29, 0.717) is 12.8 Å². The second kappa shape index (κ2) is 4.38. The van der Waals surface area contributed by atoms with Crippen LogP contribution in [0.1, 0.15) is 17.7 Å². The molecular formula is C12H12N4OS. The lowest BCUT2D eigenvalue weighted by molar-refractivity contribution is -0.130. The SMILES string of the molecule is CN1N=C(c2ccc(-n3ccnc3)s2)CCC1=O. The number of carbonyl (C=O) groups excluding carboxylic acids is 1. The minimum absolute atomic E-state index is 0.0742. The van der Waals surface area contributed by atoms with Crippen molar-refractivity contribution in [2.24, 2.45) is 5.10 Å². The number of thiophene rings is 1. The topological polar surface area (TPSA) is 50.5 Å². The molecule has 0 fully saturated rings. The molecule has 1 aliphatic rings. The van der Waals surface area contributed by atoms with Crippen LogP contribution in [0.4, 0.5) is 0 Å². The lowest BCUT2D eigenvalue weighted by Gasteiger charge is -2.18. The highest BCUT2D eigenvalue weighted by molar-refractivity contribution is 7.16. The molecule has 5 nitrogen and oxygen atoms in total. The molecule has 0 unspecified atom stereocenters. The van der Waals surface area contributed by atoms with E-state index in [2.05, 4.69) is 10.1 Å². The average Bonchev–Trinajstić information content (AvgIpc) is 3.01. The van der Waals surface area contributed by atoms with Crippen LogP contribution in [0.5, 0.6) is 0 Å². The molecule has 0 aliphatic carbocycles. The van der Waals surface area contributed by atoms with Gasteiger partial charge >= 0.3 is 0 Å². The molecule has 3 rings (SSSR count). The number of rotatable bonds is 2. The van der Waals surface area contributed by atoms with Gasteiger partial charge in [-0.1, -0.05) is 0 Å². The standard InChI is InChI=1S/C12H12N4OS/c1-15-11(17)4-2-9(14-15)10-3-5-12(18-10)16-7-6-13-8-16/h3,5-8H,2,4H2,1H3. The Morgan fingerprint density at radius 2 is 2.22 bits per heavy atom. The van der Waals surface area contributed by atoms with Gasteiger partial charge in [-0.2, -0.15) is 5.10 Å². The first-order valence-corrected chi connectivity index (χ1v) is 6.48. The number of amides is 1. The molecule has 0 aromatic carbocycles. The first kappa shape index (κ1) is 11.2. The number of hydrogen-bond acceptors (Lipinski definition) is 4. The fraction of sp³-hybridized carbons (Fsp3) is 0.250. The van der Waals surface area contributed by atoms with Crippen LogP contribution in [-0.4, -0.2) is 33.2 Å². The molecular weight excluding hydrogens is 248 g/mol. The molecule has 0 bridgehead atoms. The molecule has 0 saturated carbocycles. The summed E-state index contributed by atoms with van der Waals surface area (Å²) < 4.78 is 1.96. The summed E-state index contributed by atoms with van der Waals surface area (Å²) in [5.41, 5.74) is 0.980. The minimum Gasteiger partial charge on any atom is -0.298 e. The van der Waals surface area contributed by atoms with E-state index in [4.69, 9.17) is 0 Å². The lowest BCUT2D eigenvalue weighted by Crippen LogP contribution is -2.28. The molecule has 3 heterocycles. The van der Waals surface area contributed by atoms with Crippen molar-refractivity contribution < 1.29 is 4.79 Å². The Morgan fingerprint density at radius 3 is 2.94 bits per heavy atom. The van der Waals surface area contributed by atoms with Crippen LogP contribution in [0.3, 0.4) is 0 Å². The highest BCUT2D eigenvalue weighted by atomic mass is 32.1. The predicted octanol–water partition coefficient (Wildman–Crippen LogP) is 1.89. The monoisotopic (exact) mass is 260 g/mol. The molecule has 18 heavy (non-hydrogen) atoms. The van der Waals surface area contributed by atoms with Gasteiger partial charge in [-0.3, -0.25) is 9.36 Å². The Bertz CT molecular complexity index is 599. The van der Waals surface area contributed by atoms with Gasteiger partial charge in [0.1, 0.15) is 5.00 Å². The van der Waals surface area contributed by atoms with Crippen molar-refractivity contribution in [3.8, 4) is 5.00 Å². The normalized spacial score (nSPS) is 15.9. The van der Waals surface area contributed by atoms with Gasteiger partial charge in [0.05, 0.1) is 16.9 Å². The maximum Gasteiger partial charge on any atom is 0.242 e. The third-order valence-electron chi connectivity index (χ3n) is 2.84. The Kier molecular flexibility index (Phi) is 2.71. The number of hydrazone groups is 1. The van der Waals surface area contributed by atoms with E-state index in [0.717, 1.165) is 15.6 Å². The van der Waals surface area contributed by atoms with Crippen LogP contribution in [0.15, 0.2) is 36.0 Å². The van der Waals surface area contributed by atoms with E-state index in [1.807, 2.05) is 22.9 Å². The Labute approximate surface area is 108 Å². The summed E-state index contributed by atoms with van der Waals surface area (Å²) in [5, 5.41) is 6.84. The summed E-state index contributed by atoms with van der Waals surface area (Å²) in [4.78, 5) is 16.5. The van der Waals surface area contributed by atoms with Crippen molar-refractivity contribution in [2.45, 2.75) is 12.8 Å². The van der Waals surface area contributed by atoms with E-state index in [-0.39, 0.29) is 5.91 Å². The summed E-state index contributed by atoms with van der Waals surface area (Å²) in [7, 11) is 1.70. The molecule has 1 aliphatic heterocycles. The Hall–Kier alpha value is -1.95. The Morgan fingerprint density at radius 1 is 1.33 bits per heavy atom. The van der Waals surface area contributed by atoms with Crippen LogP contribution in [0.25, 0.3) is 5.00 Å². The van der Waals surface area contributed by atoms with Crippen molar-refractivity contribution in [1.82, 2.24) is 14.6 Å². The second-order valence-corrected chi connectivity index (χ2v) is 5.13. The average molecular weight is 260 g/mol. The van der Waals surface area contributed by atoms with E-state index in [1.54, 1.807) is 30.9 Å². The molecule has 0 radical (unpaired) electrons. The molecule has 6 heteroatoms. The third kappa shape index (κ3) is 1.95. The summed E-state index contributed by atoms with van der Waals surface area (Å²) in [6.45, 7) is 0. The summed E-state index contributed by atoms with van der Waals surface area (Å²) in [6, 6.07) is 4.09. The van der Waals surface area contributed by atoms with Gasteiger partial charge in [0.15, 0.2) is 0 Å². The van der Waals surface area contributed by atoms with Crippen molar-refractivity contribution in [2.75, 3.05) is 7.05 Å². The molecule has 0 atom stereocenters. The molecule has 0 spiro atoms. The minimum atomic E-state index is 0.0742. The zero-order chi connectivity index (χ0) is 12.5. The number of hydrogen-bond donors (Lipinski definition) is 0. The van der Waals surface area contributed by atoms with E-state index in [9.17, 15) is 4.79 Å². The third-order valence-corrected chi connectivity index (χ3v) is 3.99. The second-order valence-electron chi connectivity index (χ2n) is 4.07. The number of aromatic nitrogens is 2. The largest absolute Gasteiger partial charge is 0.298 e. The smallest absolute Gasteiger partial charge is 0.242 e. The van der Waals surface area contributed by atoms with Crippen LogP contribution < -0.4 is 0 Å². The van der Waals surface area contributed by atoms with Gasteiger partial charge in [0, 0.05) is 32.3 Å². The van der Waals surface area contributed by atoms with E-state index < -0.39 is 0 Å². The molecule has 2 aromatic rings. The predicted molar refractivity (Wildman–Crippen MR) is 70.0 cm³/mol. The maximum atomic E-state index is 11.4. The summed E-state index contributed by atoms with van der Waals surface area (Å²) in [5.74, 6) is 0.0742. The van der Waals surface area contributed by atoms with E-state index in [1.165, 1.54) is 5.01 Å². The highest BCUT2D eigenvalue weighted by Crippen LogP contribution is 2.24. The number of nitrogens with zero attached hydrogens (tertiary/aromatic N) is 4. The number of carbonyl (C=O) groups is 1. The fourth-order valence-electron chi connectivity index (χ4n) is 1.86. The Balaban J connectivity index is 1.90. The van der Waals surface area contributed by atoms with Crippen molar-refractivity contribution in [3.63, 3.8) is 0 Å². The van der Waals surface area contributed by atoms with Crippen LogP contribution in [0.2, 0.25) is 0 Å². The highest BCUT2D eigenvalue weighted by Gasteiger charge is 2.19. The zero-order valence-corrected chi connectivity index (χ0v) is 10.7. The van der Waals surface area contributed by atoms with Gasteiger partial charge in [0.2, 0.25) is 5.91 Å². The van der Waals surface area contributed by atoms with Crippen LogP contribution in [-0.2, 0) is 4.79 Å². The van der Waals surface area contributed by atoms with Crippen LogP contribution >= 0.6 is 11.3 Å². The quantitative estimate of drug-likeness (QED) is 0.828. The van der Waals surface area contributed by atoms with Crippen molar-refractivity contribution >= 4 is 23.0 Å². The van der Waals surface area contributed by atoms with Gasteiger partial charge < -0.3 is 0 Å². The van der Waals surface area contributed by atoms with Gasteiger partial charge in [0.25, 0.3) is 0 Å². The first-order valence-electron chi connectivity index (χ1n) is 5.66. The molecule has 0 saturated heterocycles. The summed E-state index contributed by atoms with van der Waals surface area (Å²) >= 11 is 1.65. The van der Waals surface area contributed by atoms with Gasteiger partial charge in [-0.05, 0) is 12.1 Å². The van der Waals surface area contributed by atoms with Crippen molar-refractivity contribution in [1.29, 1.82) is 0 Å². The molecule has 92 valence electrons. The maximum absolute atomic E-state index is 11.4. The zero-order valence-electron chi connectivity index (χ0n) is 9.91. The van der Waals surface area contributed by atoms with Gasteiger partial charge in [-0.25, -0.2) is 9.99 Å². The van der Waals surface area contributed by atoms with Crippen LogP contribution in [0, 0.1) is 0 Å². The number of imidazole rings is 1. The fourth-order valence-corrected chi connectivity index (χ4v) is 2.83.